The van der Waals surface area contributed by atoms with E-state index in [0.29, 0.717) is 24.0 Å². The Labute approximate surface area is 198 Å². The monoisotopic (exact) mass is 470 g/mol. The number of rotatable bonds is 5. The third-order valence-corrected chi connectivity index (χ3v) is 7.41. The Hall–Kier alpha value is -2.85. The summed E-state index contributed by atoms with van der Waals surface area (Å²) < 4.78 is 39.5. The lowest BCUT2D eigenvalue weighted by Gasteiger charge is -2.42. The molecule has 4 rings (SSSR count). The molecule has 1 amide bonds. The zero-order valence-corrected chi connectivity index (χ0v) is 19.3. The van der Waals surface area contributed by atoms with Crippen LogP contribution in [0.1, 0.15) is 78.9 Å². The van der Waals surface area contributed by atoms with Crippen LogP contribution in [0.3, 0.4) is 0 Å². The van der Waals surface area contributed by atoms with E-state index in [9.17, 15) is 23.1 Å². The number of amides is 1. The van der Waals surface area contributed by atoms with Crippen molar-refractivity contribution in [3.05, 3.63) is 70.8 Å². The number of benzene rings is 2. The molecule has 4 atom stereocenters. The van der Waals surface area contributed by atoms with Crippen molar-refractivity contribution in [3.8, 4) is 6.07 Å². The molecule has 2 aliphatic carbocycles. The van der Waals surface area contributed by atoms with Gasteiger partial charge in [-0.1, -0.05) is 31.2 Å². The van der Waals surface area contributed by atoms with Gasteiger partial charge in [-0.05, 0) is 86.3 Å². The van der Waals surface area contributed by atoms with Gasteiger partial charge in [0, 0.05) is 17.6 Å². The highest BCUT2D eigenvalue weighted by Gasteiger charge is 2.51. The molecular weight excluding hydrogens is 441 g/mol. The summed E-state index contributed by atoms with van der Waals surface area (Å²) in [6.07, 6.45) is -0.203. The molecule has 0 unspecified atom stereocenters. The molecule has 7 heteroatoms. The van der Waals surface area contributed by atoms with Crippen molar-refractivity contribution in [3.63, 3.8) is 0 Å². The lowest BCUT2D eigenvalue weighted by molar-refractivity contribution is -0.258. The maximum absolute atomic E-state index is 13.5. The highest BCUT2D eigenvalue weighted by Crippen LogP contribution is 2.43. The summed E-state index contributed by atoms with van der Waals surface area (Å²) in [6, 6.07) is 15.3. The van der Waals surface area contributed by atoms with Crippen LogP contribution in [0, 0.1) is 17.2 Å². The standard InChI is InChI=1S/C27H29F3N2O2/c1-17-15-21(19-5-3-18(16-31)4-6-19)9-14-24(17)32(23-12-13-23)25(33)20-7-10-22(11-8-20)26(2,34)27(28,29)30/h3-8,10-11,17,21,23-24,34H,9,12-15H2,1-2H3/t17-,21+,24+,26-/m0/s1. The fraction of sp³-hybridized carbons (Fsp3) is 0.481. The first-order valence-electron chi connectivity index (χ1n) is 11.7. The van der Waals surface area contributed by atoms with Gasteiger partial charge in [0.05, 0.1) is 11.6 Å². The first-order chi connectivity index (χ1) is 16.0. The van der Waals surface area contributed by atoms with Crippen LogP contribution in [0.15, 0.2) is 48.5 Å². The summed E-state index contributed by atoms with van der Waals surface area (Å²) in [4.78, 5) is 15.4. The number of nitrogens with zero attached hydrogens (tertiary/aromatic N) is 2. The summed E-state index contributed by atoms with van der Waals surface area (Å²) in [6.45, 7) is 2.88. The Balaban J connectivity index is 1.49. The summed E-state index contributed by atoms with van der Waals surface area (Å²) in [7, 11) is 0. The zero-order chi connectivity index (χ0) is 24.7. The molecule has 2 fully saturated rings. The van der Waals surface area contributed by atoms with Crippen LogP contribution < -0.4 is 0 Å². The van der Waals surface area contributed by atoms with Gasteiger partial charge in [0.25, 0.3) is 5.91 Å². The topological polar surface area (TPSA) is 64.3 Å². The van der Waals surface area contributed by atoms with Gasteiger partial charge in [-0.15, -0.1) is 0 Å². The molecule has 0 heterocycles. The van der Waals surface area contributed by atoms with Crippen LogP contribution in [0.25, 0.3) is 0 Å². The normalized spacial score (nSPS) is 24.7. The minimum absolute atomic E-state index is 0.0765. The molecule has 2 aromatic rings. The second kappa shape index (κ2) is 9.07. The molecular formula is C27H29F3N2O2. The van der Waals surface area contributed by atoms with E-state index in [4.69, 9.17) is 5.26 Å². The highest BCUT2D eigenvalue weighted by atomic mass is 19.4. The fourth-order valence-electron chi connectivity index (χ4n) is 5.12. The Morgan fingerprint density at radius 2 is 1.65 bits per heavy atom. The first kappa shape index (κ1) is 24.3. The number of alkyl halides is 3. The van der Waals surface area contributed by atoms with E-state index in [-0.39, 0.29) is 29.5 Å². The molecule has 0 bridgehead atoms. The van der Waals surface area contributed by atoms with E-state index in [2.05, 4.69) is 13.0 Å². The molecule has 4 nitrogen and oxygen atoms in total. The SMILES string of the molecule is C[C@H]1C[C@H](c2ccc(C#N)cc2)CC[C@H]1N(C(=O)c1ccc([C@](C)(O)C(F)(F)F)cc1)C1CC1. The van der Waals surface area contributed by atoms with Crippen molar-refractivity contribution < 1.29 is 23.1 Å². The molecule has 1 N–H and O–H groups in total. The van der Waals surface area contributed by atoms with Crippen LogP contribution in [-0.2, 0) is 5.60 Å². The van der Waals surface area contributed by atoms with E-state index in [1.165, 1.54) is 29.8 Å². The van der Waals surface area contributed by atoms with Crippen LogP contribution in [0.4, 0.5) is 13.2 Å². The molecule has 0 aliphatic heterocycles. The molecule has 180 valence electrons. The molecule has 0 radical (unpaired) electrons. The molecule has 0 saturated heterocycles. The van der Waals surface area contributed by atoms with E-state index in [1.54, 1.807) is 0 Å². The highest BCUT2D eigenvalue weighted by molar-refractivity contribution is 5.95. The largest absolute Gasteiger partial charge is 0.421 e. The minimum atomic E-state index is -4.80. The van der Waals surface area contributed by atoms with Crippen molar-refractivity contribution >= 4 is 5.91 Å². The number of carbonyl (C=O) groups excluding carboxylic acids is 1. The fourth-order valence-corrected chi connectivity index (χ4v) is 5.12. The van der Waals surface area contributed by atoms with Gasteiger partial charge in [-0.3, -0.25) is 4.79 Å². The van der Waals surface area contributed by atoms with Crippen molar-refractivity contribution in [1.82, 2.24) is 4.90 Å². The number of carbonyl (C=O) groups is 1. The van der Waals surface area contributed by atoms with Gasteiger partial charge in [-0.2, -0.15) is 18.4 Å². The van der Waals surface area contributed by atoms with Gasteiger partial charge >= 0.3 is 6.18 Å². The lowest BCUT2D eigenvalue weighted by Crippen LogP contribution is -2.47. The first-order valence-corrected chi connectivity index (χ1v) is 11.7. The second-order valence-corrected chi connectivity index (χ2v) is 9.88. The van der Waals surface area contributed by atoms with E-state index >= 15 is 0 Å². The predicted octanol–water partition coefficient (Wildman–Crippen LogP) is 5.91. The van der Waals surface area contributed by atoms with Gasteiger partial charge in [0.2, 0.25) is 0 Å². The number of aliphatic hydroxyl groups is 1. The number of halogens is 3. The molecule has 34 heavy (non-hydrogen) atoms. The maximum Gasteiger partial charge on any atom is 0.421 e. The van der Waals surface area contributed by atoms with Crippen LogP contribution >= 0.6 is 0 Å². The molecule has 2 saturated carbocycles. The summed E-state index contributed by atoms with van der Waals surface area (Å²) >= 11 is 0. The Morgan fingerprint density at radius 3 is 2.15 bits per heavy atom. The minimum Gasteiger partial charge on any atom is -0.376 e. The van der Waals surface area contributed by atoms with E-state index in [1.807, 2.05) is 29.2 Å². The van der Waals surface area contributed by atoms with E-state index < -0.39 is 11.8 Å². The maximum atomic E-state index is 13.5. The number of hydrogen-bond acceptors (Lipinski definition) is 3. The lowest BCUT2D eigenvalue weighted by atomic mass is 9.75. The summed E-state index contributed by atoms with van der Waals surface area (Å²) in [5.74, 6) is 0.484. The third kappa shape index (κ3) is 4.69. The smallest absolute Gasteiger partial charge is 0.376 e. The summed E-state index contributed by atoms with van der Waals surface area (Å²) in [5.41, 5.74) is -1.07. The van der Waals surface area contributed by atoms with E-state index in [0.717, 1.165) is 32.1 Å². The Morgan fingerprint density at radius 1 is 1.03 bits per heavy atom. The van der Waals surface area contributed by atoms with Gasteiger partial charge in [0.1, 0.15) is 0 Å². The number of hydrogen-bond donors (Lipinski definition) is 1. The van der Waals surface area contributed by atoms with Crippen molar-refractivity contribution in [1.29, 1.82) is 5.26 Å². The van der Waals surface area contributed by atoms with Gasteiger partial charge < -0.3 is 10.0 Å². The second-order valence-electron chi connectivity index (χ2n) is 9.88. The van der Waals surface area contributed by atoms with Crippen molar-refractivity contribution in [2.45, 2.75) is 75.7 Å². The molecule has 0 aromatic heterocycles. The van der Waals surface area contributed by atoms with Gasteiger partial charge in [-0.25, -0.2) is 0 Å². The van der Waals surface area contributed by atoms with Gasteiger partial charge in [0.15, 0.2) is 5.60 Å². The number of nitriles is 1. The van der Waals surface area contributed by atoms with Crippen LogP contribution in [0.2, 0.25) is 0 Å². The average molecular weight is 471 g/mol. The Kier molecular flexibility index (Phi) is 6.48. The van der Waals surface area contributed by atoms with Crippen molar-refractivity contribution in [2.24, 2.45) is 5.92 Å². The molecule has 0 spiro atoms. The average Bonchev–Trinajstić information content (AvgIpc) is 3.65. The van der Waals surface area contributed by atoms with Crippen LogP contribution in [0.5, 0.6) is 0 Å². The summed E-state index contributed by atoms with van der Waals surface area (Å²) in [5, 5.41) is 18.9. The quantitative estimate of drug-likeness (QED) is 0.591. The molecule has 2 aliphatic rings. The van der Waals surface area contributed by atoms with Crippen molar-refractivity contribution in [2.75, 3.05) is 0 Å². The zero-order valence-electron chi connectivity index (χ0n) is 19.3. The Bertz CT molecular complexity index is 1070. The predicted molar refractivity (Wildman–Crippen MR) is 122 cm³/mol. The third-order valence-electron chi connectivity index (χ3n) is 7.41. The van der Waals surface area contributed by atoms with Crippen LogP contribution in [-0.4, -0.2) is 34.2 Å². The molecule has 2 aromatic carbocycles.